The topological polar surface area (TPSA) is 77.7 Å². The first-order valence-electron chi connectivity index (χ1n) is 14.5. The third kappa shape index (κ3) is 6.81. The van der Waals surface area contributed by atoms with Gasteiger partial charge >= 0.3 is 0 Å². The molecule has 0 unspecified atom stereocenters. The molecule has 0 amide bonds. The minimum absolute atomic E-state index is 0.668. The molecule has 4 N–H and O–H groups in total. The van der Waals surface area contributed by atoms with Crippen LogP contribution in [0.3, 0.4) is 0 Å². The van der Waals surface area contributed by atoms with Gasteiger partial charge in [-0.05, 0) is 106 Å². The summed E-state index contributed by atoms with van der Waals surface area (Å²) in [6.45, 7) is 21.4. The molecule has 0 atom stereocenters. The number of piperidine rings is 1. The lowest BCUT2D eigenvalue weighted by molar-refractivity contribution is 0.373. The van der Waals surface area contributed by atoms with Crippen molar-refractivity contribution in [2.45, 2.75) is 40.0 Å². The fraction of sp³-hybridized carbons (Fsp3) is 0.257. The van der Waals surface area contributed by atoms with E-state index in [0.29, 0.717) is 11.6 Å². The van der Waals surface area contributed by atoms with Crippen molar-refractivity contribution in [2.75, 3.05) is 23.7 Å². The standard InChI is InChI=1S/C35H40N6S/c1-7-32-31(17-22(2)28-19-29(21-37-20-28)38-23(3)18-27-13-15-36-16-14-27)35(41-40-32)26(6)39-33-10-8-9-30(25(33)5)34-12-11-24(4)42-34/h7-12,17,19-21,27,36,38-40H,2-3,6,13-16,18H2,1,4-5H3/b31-17+,32-7+. The molecule has 4 aromatic rings. The van der Waals surface area contributed by atoms with Crippen LogP contribution in [0.5, 0.6) is 0 Å². The number of allylic oxidation sites excluding steroid dienone is 2. The molecule has 4 heterocycles. The number of pyridine rings is 1. The normalized spacial score (nSPS) is 14.6. The van der Waals surface area contributed by atoms with Gasteiger partial charge in [0.1, 0.15) is 5.69 Å². The first kappa shape index (κ1) is 29.3. The van der Waals surface area contributed by atoms with E-state index in [1.54, 1.807) is 11.3 Å². The highest BCUT2D eigenvalue weighted by molar-refractivity contribution is 7.15. The van der Waals surface area contributed by atoms with E-state index < -0.39 is 0 Å². The minimum atomic E-state index is 0.668. The number of aromatic nitrogens is 3. The van der Waals surface area contributed by atoms with Crippen molar-refractivity contribution in [3.8, 4) is 10.4 Å². The van der Waals surface area contributed by atoms with Crippen LogP contribution in [0.25, 0.3) is 33.9 Å². The number of anilines is 2. The van der Waals surface area contributed by atoms with Gasteiger partial charge in [-0.1, -0.05) is 37.9 Å². The zero-order chi connectivity index (χ0) is 29.6. The number of benzene rings is 1. The number of aromatic amines is 1. The molecule has 216 valence electrons. The monoisotopic (exact) mass is 576 g/mol. The summed E-state index contributed by atoms with van der Waals surface area (Å²) in [4.78, 5) is 7.03. The van der Waals surface area contributed by atoms with Gasteiger partial charge in [0.05, 0.1) is 22.9 Å². The highest BCUT2D eigenvalue weighted by Crippen LogP contribution is 2.34. The van der Waals surface area contributed by atoms with Crippen molar-refractivity contribution in [3.63, 3.8) is 0 Å². The maximum Gasteiger partial charge on any atom is 0.116 e. The Balaban J connectivity index is 1.36. The molecule has 42 heavy (non-hydrogen) atoms. The molecule has 1 aliphatic heterocycles. The summed E-state index contributed by atoms with van der Waals surface area (Å²) in [5, 5.41) is 20.0. The second kappa shape index (κ2) is 13.2. The van der Waals surface area contributed by atoms with Gasteiger partial charge in [0.15, 0.2) is 0 Å². The van der Waals surface area contributed by atoms with Gasteiger partial charge in [-0.3, -0.25) is 10.1 Å². The zero-order valence-corrected chi connectivity index (χ0v) is 25.6. The van der Waals surface area contributed by atoms with Gasteiger partial charge in [0.2, 0.25) is 0 Å². The molecule has 3 aromatic heterocycles. The van der Waals surface area contributed by atoms with Crippen molar-refractivity contribution in [3.05, 3.63) is 106 Å². The van der Waals surface area contributed by atoms with Crippen LogP contribution < -0.4 is 26.5 Å². The summed E-state index contributed by atoms with van der Waals surface area (Å²) in [5.41, 5.74) is 8.55. The van der Waals surface area contributed by atoms with Crippen LogP contribution in [-0.4, -0.2) is 28.3 Å². The van der Waals surface area contributed by atoms with Gasteiger partial charge in [0.25, 0.3) is 0 Å². The van der Waals surface area contributed by atoms with Crippen molar-refractivity contribution < 1.29 is 0 Å². The smallest absolute Gasteiger partial charge is 0.116 e. The number of hydrogen-bond acceptors (Lipinski definition) is 6. The Kier molecular flexibility index (Phi) is 9.20. The zero-order valence-electron chi connectivity index (χ0n) is 24.8. The largest absolute Gasteiger partial charge is 0.358 e. The Hall–Kier alpha value is -4.20. The van der Waals surface area contributed by atoms with E-state index in [1.165, 1.54) is 33.7 Å². The Bertz CT molecular complexity index is 1730. The molecular weight excluding hydrogens is 536 g/mol. The van der Waals surface area contributed by atoms with Gasteiger partial charge in [-0.2, -0.15) is 5.10 Å². The highest BCUT2D eigenvalue weighted by atomic mass is 32.1. The number of H-pyrrole nitrogens is 1. The number of hydrogen-bond donors (Lipinski definition) is 4. The molecule has 0 saturated carbocycles. The van der Waals surface area contributed by atoms with E-state index in [2.05, 4.69) is 101 Å². The summed E-state index contributed by atoms with van der Waals surface area (Å²) in [6, 6.07) is 12.7. The summed E-state index contributed by atoms with van der Waals surface area (Å²) in [5.74, 6) is 0.668. The molecule has 1 saturated heterocycles. The van der Waals surface area contributed by atoms with E-state index >= 15 is 0 Å². The predicted molar refractivity (Wildman–Crippen MR) is 181 cm³/mol. The summed E-state index contributed by atoms with van der Waals surface area (Å²) in [7, 11) is 0. The molecule has 7 heteroatoms. The van der Waals surface area contributed by atoms with Crippen molar-refractivity contribution in [1.29, 1.82) is 0 Å². The Morgan fingerprint density at radius 2 is 1.88 bits per heavy atom. The molecule has 1 aliphatic rings. The van der Waals surface area contributed by atoms with Crippen LogP contribution in [0, 0.1) is 19.8 Å². The van der Waals surface area contributed by atoms with Crippen LogP contribution >= 0.6 is 11.3 Å². The van der Waals surface area contributed by atoms with Crippen LogP contribution in [0.4, 0.5) is 11.4 Å². The maximum absolute atomic E-state index is 4.62. The van der Waals surface area contributed by atoms with Crippen molar-refractivity contribution in [1.82, 2.24) is 20.5 Å². The molecule has 6 nitrogen and oxygen atoms in total. The van der Waals surface area contributed by atoms with E-state index in [1.807, 2.05) is 31.5 Å². The lowest BCUT2D eigenvalue weighted by atomic mass is 9.93. The fourth-order valence-corrected chi connectivity index (χ4v) is 6.38. The Labute approximate surface area is 252 Å². The predicted octanol–water partition coefficient (Wildman–Crippen LogP) is 6.84. The first-order valence-corrected chi connectivity index (χ1v) is 15.3. The summed E-state index contributed by atoms with van der Waals surface area (Å²) < 4.78 is 0. The fourth-order valence-electron chi connectivity index (χ4n) is 5.43. The number of nitrogens with zero attached hydrogens (tertiary/aromatic N) is 2. The average molecular weight is 577 g/mol. The third-order valence-corrected chi connectivity index (χ3v) is 8.81. The molecular formula is C35H40N6S. The van der Waals surface area contributed by atoms with E-state index in [4.69, 9.17) is 0 Å². The number of aryl methyl sites for hydroxylation is 1. The second-order valence-corrected chi connectivity index (χ2v) is 12.2. The molecule has 0 bridgehead atoms. The highest BCUT2D eigenvalue weighted by Gasteiger charge is 2.15. The first-order chi connectivity index (χ1) is 20.3. The summed E-state index contributed by atoms with van der Waals surface area (Å²) >= 11 is 1.80. The molecule has 5 rings (SSSR count). The number of nitrogens with one attached hydrogen (secondary N) is 4. The molecule has 0 spiro atoms. The number of rotatable bonds is 10. The molecule has 0 aliphatic carbocycles. The van der Waals surface area contributed by atoms with Gasteiger partial charge in [-0.15, -0.1) is 11.3 Å². The molecule has 1 fully saturated rings. The third-order valence-electron chi connectivity index (χ3n) is 7.78. The second-order valence-electron chi connectivity index (χ2n) is 10.9. The van der Waals surface area contributed by atoms with Gasteiger partial charge in [-0.25, -0.2) is 0 Å². The van der Waals surface area contributed by atoms with E-state index in [9.17, 15) is 0 Å². The van der Waals surface area contributed by atoms with Crippen LogP contribution in [0.2, 0.25) is 0 Å². The molecule has 1 aromatic carbocycles. The SMILES string of the molecule is C=C(CC1CCNCC1)Nc1cncc(C(=C)/C=c2/c(C(=C)Nc3cccc(-c4ccc(C)s4)c3C)n[nH]/c2=C/C)c1. The van der Waals surface area contributed by atoms with E-state index in [0.717, 1.165) is 64.0 Å². The summed E-state index contributed by atoms with van der Waals surface area (Å²) in [6.07, 6.45) is 11.1. The lowest BCUT2D eigenvalue weighted by Gasteiger charge is -2.23. The quantitative estimate of drug-likeness (QED) is 0.166. The van der Waals surface area contributed by atoms with Crippen molar-refractivity contribution in [2.24, 2.45) is 5.92 Å². The van der Waals surface area contributed by atoms with E-state index in [-0.39, 0.29) is 0 Å². The average Bonchev–Trinajstić information content (AvgIpc) is 3.60. The maximum atomic E-state index is 4.62. The van der Waals surface area contributed by atoms with Crippen molar-refractivity contribution >= 4 is 46.1 Å². The van der Waals surface area contributed by atoms with Gasteiger partial charge in [0, 0.05) is 38.1 Å². The minimum Gasteiger partial charge on any atom is -0.358 e. The molecule has 0 radical (unpaired) electrons. The lowest BCUT2D eigenvalue weighted by Crippen LogP contribution is -2.28. The Morgan fingerprint density at radius 3 is 2.62 bits per heavy atom. The van der Waals surface area contributed by atoms with Crippen LogP contribution in [-0.2, 0) is 0 Å². The van der Waals surface area contributed by atoms with Gasteiger partial charge < -0.3 is 16.0 Å². The van der Waals surface area contributed by atoms with Crippen LogP contribution in [0.15, 0.2) is 74.2 Å². The number of thiophene rings is 1. The van der Waals surface area contributed by atoms with Crippen LogP contribution in [0.1, 0.15) is 47.9 Å². The Morgan fingerprint density at radius 1 is 1.07 bits per heavy atom.